The first-order chi connectivity index (χ1) is 4.98. The highest BCUT2D eigenvalue weighted by atomic mass is 32.2. The molecule has 0 aliphatic rings. The lowest BCUT2D eigenvalue weighted by Gasteiger charge is -2.17. The van der Waals surface area contributed by atoms with Gasteiger partial charge < -0.3 is 8.74 Å². The minimum atomic E-state index is -1.18. The normalized spacial score (nSPS) is 15.7. The van der Waals surface area contributed by atoms with Gasteiger partial charge in [0.1, 0.15) is 22.7 Å². The van der Waals surface area contributed by atoms with Crippen molar-refractivity contribution in [3.8, 4) is 0 Å². The summed E-state index contributed by atoms with van der Waals surface area (Å²) in [5, 5.41) is 0. The second-order valence-corrected chi connectivity index (χ2v) is 5.14. The van der Waals surface area contributed by atoms with Gasteiger partial charge in [0.15, 0.2) is 0 Å². The Labute approximate surface area is 76.2 Å². The summed E-state index contributed by atoms with van der Waals surface area (Å²) in [5.74, 6) is 0. The lowest BCUT2D eigenvalue weighted by atomic mass is 10.3. The van der Waals surface area contributed by atoms with Gasteiger partial charge in [-0.2, -0.15) is 0 Å². The second-order valence-electron chi connectivity index (χ2n) is 2.95. The van der Waals surface area contributed by atoms with Crippen molar-refractivity contribution in [3.05, 3.63) is 0 Å². The number of nitrogens with zero attached hydrogens (tertiary/aromatic N) is 1. The van der Waals surface area contributed by atoms with E-state index in [1.165, 1.54) is 6.21 Å². The molecule has 0 amide bonds. The Morgan fingerprint density at radius 3 is 2.55 bits per heavy atom. The van der Waals surface area contributed by atoms with Gasteiger partial charge in [0, 0.05) is 0 Å². The van der Waals surface area contributed by atoms with E-state index in [0.717, 1.165) is 0 Å². The average molecular weight is 195 g/mol. The molecule has 0 saturated heterocycles. The van der Waals surface area contributed by atoms with E-state index in [1.54, 1.807) is 0 Å². The Kier molecular flexibility index (Phi) is 5.16. The zero-order chi connectivity index (χ0) is 8.91. The summed E-state index contributed by atoms with van der Waals surface area (Å²) in [6.07, 6.45) is 1.45. The van der Waals surface area contributed by atoms with Crippen LogP contribution in [0.4, 0.5) is 0 Å². The molecule has 0 aromatic carbocycles. The predicted molar refractivity (Wildman–Crippen MR) is 51.3 cm³/mol. The van der Waals surface area contributed by atoms with Crippen molar-refractivity contribution in [1.29, 1.82) is 0 Å². The topological polar surface area (TPSA) is 44.7 Å². The summed E-state index contributed by atoms with van der Waals surface area (Å²) in [6, 6.07) is 0. The third kappa shape index (κ3) is 5.55. The maximum absolute atomic E-state index is 11.2. The fourth-order valence-electron chi connectivity index (χ4n) is 0.290. The van der Waals surface area contributed by atoms with E-state index in [9.17, 15) is 4.55 Å². The zero-order valence-corrected chi connectivity index (χ0v) is 8.61. The molecule has 0 aromatic rings. The molecule has 5 heteroatoms. The van der Waals surface area contributed by atoms with Crippen LogP contribution in [0, 0.1) is 0 Å². The smallest absolute Gasteiger partial charge is 0.144 e. The quantitative estimate of drug-likeness (QED) is 0.320. The minimum absolute atomic E-state index is 0.283. The van der Waals surface area contributed by atoms with Crippen LogP contribution in [0.1, 0.15) is 20.8 Å². The summed E-state index contributed by atoms with van der Waals surface area (Å²) in [6.45, 7) is 5.87. The van der Waals surface area contributed by atoms with Crippen LogP contribution in [0.3, 0.4) is 0 Å². The number of hydrogen-bond acceptors (Lipinski definition) is 4. The molecule has 0 N–H and O–H groups in total. The largest absolute Gasteiger partial charge is 0.591 e. The highest BCUT2D eigenvalue weighted by molar-refractivity contribution is 7.91. The van der Waals surface area contributed by atoms with Gasteiger partial charge in [-0.05, 0) is 33.7 Å². The molecule has 0 rings (SSSR count). The molecule has 0 heterocycles. The molecule has 0 saturated carbocycles. The Morgan fingerprint density at radius 2 is 2.18 bits per heavy atom. The monoisotopic (exact) mass is 195 g/mol. The summed E-state index contributed by atoms with van der Waals surface area (Å²) >= 11 is 2.32. The predicted octanol–water partition coefficient (Wildman–Crippen LogP) is 1.38. The van der Waals surface area contributed by atoms with E-state index in [1.807, 2.05) is 20.8 Å². The lowest BCUT2D eigenvalue weighted by molar-refractivity contribution is 0.459. The Bertz CT molecular complexity index is 133. The fourth-order valence-corrected chi connectivity index (χ4v) is 0.869. The second kappa shape index (κ2) is 5.03. The van der Waals surface area contributed by atoms with E-state index < -0.39 is 11.4 Å². The molecule has 0 unspecified atom stereocenters. The first-order valence-corrected chi connectivity index (χ1v) is 4.66. The fraction of sp³-hybridized carbons (Fsp3) is 0.833. The highest BCUT2D eigenvalue weighted by Crippen LogP contribution is 2.16. The van der Waals surface area contributed by atoms with Crippen LogP contribution in [0.5, 0.6) is 0 Å². The van der Waals surface area contributed by atoms with E-state index >= 15 is 0 Å². The van der Waals surface area contributed by atoms with E-state index in [4.69, 9.17) is 0 Å². The third-order valence-corrected chi connectivity index (χ3v) is 2.38. The van der Waals surface area contributed by atoms with Gasteiger partial charge in [-0.3, -0.25) is 0 Å². The number of hydrogen-bond donors (Lipinski definition) is 1. The molecular formula is C6H13NO2S2. The van der Waals surface area contributed by atoms with Gasteiger partial charge in [-0.25, -0.2) is 0 Å². The van der Waals surface area contributed by atoms with E-state index in [-0.39, 0.29) is 11.4 Å². The van der Waals surface area contributed by atoms with Crippen molar-refractivity contribution in [2.45, 2.75) is 25.5 Å². The molecule has 66 valence electrons. The van der Waals surface area contributed by atoms with Gasteiger partial charge in [-0.1, -0.05) is 4.40 Å². The first kappa shape index (κ1) is 11.3. The molecule has 0 spiro atoms. The van der Waals surface area contributed by atoms with Crippen LogP contribution in [0.15, 0.2) is 4.40 Å². The molecular weight excluding hydrogens is 182 g/mol. The Morgan fingerprint density at radius 1 is 1.64 bits per heavy atom. The van der Waals surface area contributed by atoms with Crippen molar-refractivity contribution in [1.82, 2.24) is 0 Å². The average Bonchev–Trinajstić information content (AvgIpc) is 1.86. The van der Waals surface area contributed by atoms with E-state index in [2.05, 4.69) is 21.5 Å². The van der Waals surface area contributed by atoms with Crippen LogP contribution in [0.25, 0.3) is 0 Å². The maximum Gasteiger partial charge on any atom is 0.144 e. The molecule has 3 nitrogen and oxygen atoms in total. The van der Waals surface area contributed by atoms with Crippen LogP contribution in [-0.4, -0.2) is 22.1 Å². The van der Waals surface area contributed by atoms with Crippen molar-refractivity contribution in [2.75, 3.05) is 6.61 Å². The highest BCUT2D eigenvalue weighted by Gasteiger charge is 2.25. The molecule has 11 heavy (non-hydrogen) atoms. The Balaban J connectivity index is 3.77. The van der Waals surface area contributed by atoms with Crippen molar-refractivity contribution in [3.63, 3.8) is 0 Å². The summed E-state index contributed by atoms with van der Waals surface area (Å²) in [7, 11) is 0. The molecule has 0 aliphatic heterocycles. The lowest BCUT2D eigenvalue weighted by Crippen LogP contribution is -2.25. The maximum atomic E-state index is 11.2. The Hall–Kier alpha value is 0.290. The van der Waals surface area contributed by atoms with Gasteiger partial charge in [0.25, 0.3) is 0 Å². The van der Waals surface area contributed by atoms with E-state index in [0.29, 0.717) is 0 Å². The number of rotatable bonds is 3. The van der Waals surface area contributed by atoms with Crippen molar-refractivity contribution < 1.29 is 8.74 Å². The molecule has 0 fully saturated rings. The molecule has 0 radical (unpaired) electrons. The summed E-state index contributed by atoms with van der Waals surface area (Å²) in [4.78, 5) is 0. The van der Waals surface area contributed by atoms with Gasteiger partial charge in [0.2, 0.25) is 0 Å². The summed E-state index contributed by atoms with van der Waals surface area (Å²) in [5.41, 5.74) is 0. The zero-order valence-electron chi connectivity index (χ0n) is 6.90. The number of thiol groups is 1. The third-order valence-electron chi connectivity index (χ3n) is 0.843. The van der Waals surface area contributed by atoms with Crippen molar-refractivity contribution in [2.24, 2.45) is 4.40 Å². The SMILES string of the molecule is CC(C)(C)[S@+]([O-])/N=C/COS. The van der Waals surface area contributed by atoms with Crippen LogP contribution < -0.4 is 0 Å². The molecule has 0 aromatic heterocycles. The molecule has 0 bridgehead atoms. The van der Waals surface area contributed by atoms with Crippen LogP contribution >= 0.6 is 12.9 Å². The first-order valence-electron chi connectivity index (χ1n) is 3.19. The minimum Gasteiger partial charge on any atom is -0.591 e. The van der Waals surface area contributed by atoms with Gasteiger partial charge >= 0.3 is 0 Å². The standard InChI is InChI=1S/C6H13NO2S2/c1-6(2,3)11(8)7-4-5-9-10/h4,10H,5H2,1-3H3/b7-4+/t11-/m0/s1. The molecule has 0 aliphatic carbocycles. The van der Waals surface area contributed by atoms with Crippen molar-refractivity contribution >= 4 is 30.5 Å². The van der Waals surface area contributed by atoms with Crippen LogP contribution in [0.2, 0.25) is 0 Å². The summed E-state index contributed by atoms with van der Waals surface area (Å²) < 4.78 is 19.0. The van der Waals surface area contributed by atoms with Gasteiger partial charge in [-0.15, -0.1) is 0 Å². The molecule has 1 atom stereocenters. The van der Waals surface area contributed by atoms with Gasteiger partial charge in [0.05, 0.1) is 6.21 Å². The van der Waals surface area contributed by atoms with Crippen LogP contribution in [-0.2, 0) is 15.5 Å².